The van der Waals surface area contributed by atoms with Crippen LogP contribution in [0.5, 0.6) is 0 Å². The first kappa shape index (κ1) is 27.7. The lowest BCUT2D eigenvalue weighted by Gasteiger charge is -2.39. The van der Waals surface area contributed by atoms with E-state index in [-0.39, 0.29) is 17.7 Å². The van der Waals surface area contributed by atoms with Crippen LogP contribution >= 0.6 is 0 Å². The highest BCUT2D eigenvalue weighted by atomic mass is 15.3. The minimum Gasteiger partial charge on any atom is -0.356 e. The fourth-order valence-corrected chi connectivity index (χ4v) is 8.55. The molecule has 0 fully saturated rings. The summed E-state index contributed by atoms with van der Waals surface area (Å²) in [4.78, 5) is 0. The van der Waals surface area contributed by atoms with Crippen molar-refractivity contribution in [1.29, 1.82) is 0 Å². The molecule has 3 nitrogen and oxygen atoms in total. The van der Waals surface area contributed by atoms with E-state index in [4.69, 9.17) is 0 Å². The predicted molar refractivity (Wildman–Crippen MR) is 192 cm³/mol. The Bertz CT molecular complexity index is 2110. The van der Waals surface area contributed by atoms with Crippen LogP contribution in [0.1, 0.15) is 56.9 Å². The first-order valence-corrected chi connectivity index (χ1v) is 17.1. The van der Waals surface area contributed by atoms with Crippen molar-refractivity contribution in [3.63, 3.8) is 0 Å². The van der Waals surface area contributed by atoms with Crippen LogP contribution in [0.3, 0.4) is 0 Å². The molecule has 0 radical (unpaired) electrons. The van der Waals surface area contributed by atoms with Gasteiger partial charge in [-0.2, -0.15) is 0 Å². The molecular weight excluding hydrogens is 558 g/mol. The molecule has 5 aliphatic rings. The van der Waals surface area contributed by atoms with Gasteiger partial charge in [-0.3, -0.25) is 5.32 Å². The summed E-state index contributed by atoms with van der Waals surface area (Å²) in [5, 5.41) is 10.8. The summed E-state index contributed by atoms with van der Waals surface area (Å²) in [5.74, 6) is 0.708. The Kier molecular flexibility index (Phi) is 6.47. The number of hydrogen-bond acceptors (Lipinski definition) is 2. The number of nitrogens with one attached hydrogen (secondary N) is 2. The Balaban J connectivity index is 1.19. The minimum absolute atomic E-state index is 0.0560. The second kappa shape index (κ2) is 10.7. The number of para-hydroxylation sites is 1. The van der Waals surface area contributed by atoms with Gasteiger partial charge < -0.3 is 9.88 Å². The van der Waals surface area contributed by atoms with E-state index in [0.717, 1.165) is 25.7 Å². The van der Waals surface area contributed by atoms with Gasteiger partial charge in [-0.15, -0.1) is 0 Å². The second-order valence-electron chi connectivity index (χ2n) is 14.1. The molecule has 228 valence electrons. The number of fused-ring (bicyclic) bond motifs is 6. The zero-order valence-corrected chi connectivity index (χ0v) is 26.7. The van der Waals surface area contributed by atoms with E-state index in [1.54, 1.807) is 0 Å². The first-order valence-electron chi connectivity index (χ1n) is 17.1. The fraction of sp³-hybridized carbons (Fsp3) is 0.256. The Morgan fingerprint density at radius 1 is 0.739 bits per heavy atom. The highest BCUT2D eigenvalue weighted by Crippen LogP contribution is 2.51. The number of nitrogens with zero attached hydrogens (tertiary/aromatic N) is 1. The van der Waals surface area contributed by atoms with Gasteiger partial charge in [0.25, 0.3) is 0 Å². The third kappa shape index (κ3) is 4.36. The van der Waals surface area contributed by atoms with Crippen molar-refractivity contribution >= 4 is 21.8 Å². The van der Waals surface area contributed by atoms with Crippen LogP contribution in [0.15, 0.2) is 144 Å². The largest absolute Gasteiger partial charge is 0.356 e. The molecule has 2 N–H and O–H groups in total. The van der Waals surface area contributed by atoms with Crippen LogP contribution in [-0.4, -0.2) is 10.6 Å². The van der Waals surface area contributed by atoms with Crippen LogP contribution < -0.4 is 10.6 Å². The zero-order chi connectivity index (χ0) is 30.8. The zero-order valence-electron chi connectivity index (χ0n) is 26.7. The van der Waals surface area contributed by atoms with Gasteiger partial charge in [0.1, 0.15) is 0 Å². The molecule has 0 amide bonds. The summed E-state index contributed by atoms with van der Waals surface area (Å²) in [6, 6.07) is 23.1. The van der Waals surface area contributed by atoms with E-state index in [1.165, 1.54) is 60.9 Å². The molecule has 0 bridgehead atoms. The Labute approximate surface area is 272 Å². The molecule has 0 spiro atoms. The summed E-state index contributed by atoms with van der Waals surface area (Å²) < 4.78 is 2.54. The van der Waals surface area contributed by atoms with E-state index < -0.39 is 0 Å². The maximum absolute atomic E-state index is 4.13. The number of hydrogen-bond donors (Lipinski definition) is 2. The normalized spacial score (nSPS) is 26.0. The topological polar surface area (TPSA) is 29.0 Å². The number of allylic oxidation sites excluding steroid dienone is 11. The molecule has 46 heavy (non-hydrogen) atoms. The van der Waals surface area contributed by atoms with Gasteiger partial charge in [0, 0.05) is 39.8 Å². The van der Waals surface area contributed by atoms with Crippen molar-refractivity contribution in [2.75, 3.05) is 0 Å². The number of benzene rings is 3. The SMILES string of the molecule is CC1(C)c2ccccc2-c2cc3c4ccccc4n(C4NC(C5C=CC=CC5)=CC(C5C=C(C6=CCCC=C6)C=CC5)N4)c3cc21. The Morgan fingerprint density at radius 2 is 1.61 bits per heavy atom. The molecule has 3 aromatic carbocycles. The maximum atomic E-state index is 4.13. The molecule has 1 aliphatic heterocycles. The van der Waals surface area contributed by atoms with Crippen molar-refractivity contribution in [2.45, 2.75) is 57.3 Å². The number of rotatable bonds is 4. The minimum atomic E-state index is -0.0896. The molecule has 2 heterocycles. The molecule has 0 saturated heterocycles. The average Bonchev–Trinajstić information content (AvgIpc) is 3.56. The second-order valence-corrected chi connectivity index (χ2v) is 14.1. The summed E-state index contributed by atoms with van der Waals surface area (Å²) in [7, 11) is 0. The van der Waals surface area contributed by atoms with Gasteiger partial charge >= 0.3 is 0 Å². The van der Waals surface area contributed by atoms with Crippen LogP contribution in [0.2, 0.25) is 0 Å². The first-order chi connectivity index (χ1) is 22.6. The van der Waals surface area contributed by atoms with Crippen molar-refractivity contribution in [2.24, 2.45) is 11.8 Å². The lowest BCUT2D eigenvalue weighted by molar-refractivity contribution is 0.284. The van der Waals surface area contributed by atoms with Crippen LogP contribution in [0, 0.1) is 11.8 Å². The summed E-state index contributed by atoms with van der Waals surface area (Å²) in [6.45, 7) is 4.76. The highest BCUT2D eigenvalue weighted by Gasteiger charge is 2.37. The van der Waals surface area contributed by atoms with Crippen molar-refractivity contribution < 1.29 is 0 Å². The summed E-state index contributed by atoms with van der Waals surface area (Å²) >= 11 is 0. The van der Waals surface area contributed by atoms with E-state index in [1.807, 2.05) is 0 Å². The lowest BCUT2D eigenvalue weighted by atomic mass is 9.82. The molecule has 3 heteroatoms. The van der Waals surface area contributed by atoms with E-state index in [2.05, 4.69) is 157 Å². The molecule has 0 saturated carbocycles. The van der Waals surface area contributed by atoms with Crippen molar-refractivity contribution in [3.8, 4) is 11.1 Å². The van der Waals surface area contributed by atoms with Crippen LogP contribution in [0.25, 0.3) is 32.9 Å². The van der Waals surface area contributed by atoms with Crippen LogP contribution in [-0.2, 0) is 5.41 Å². The standard InChI is InChI=1S/C43H41N3/c1-43(2)36-22-11-9-20-32(36)34-25-35-33-21-10-12-23-40(33)46(41(35)26-37(34)43)42-44-38(29-16-7-4-8-17-29)27-39(45-42)31-19-13-18-30(24-31)28-14-5-3-6-15-28/h4-5,7-16,18,20-27,29,31,39,42,44-45H,3,6,17,19H2,1-2H3. The molecule has 4 atom stereocenters. The van der Waals surface area contributed by atoms with Gasteiger partial charge in [0.2, 0.25) is 0 Å². The maximum Gasteiger partial charge on any atom is 0.160 e. The van der Waals surface area contributed by atoms with E-state index in [9.17, 15) is 0 Å². The van der Waals surface area contributed by atoms with Gasteiger partial charge in [-0.25, -0.2) is 0 Å². The third-order valence-corrected chi connectivity index (χ3v) is 11.0. The van der Waals surface area contributed by atoms with Crippen molar-refractivity contribution in [1.82, 2.24) is 15.2 Å². The van der Waals surface area contributed by atoms with Gasteiger partial charge in [-0.05, 0) is 83.4 Å². The van der Waals surface area contributed by atoms with E-state index in [0.29, 0.717) is 11.8 Å². The smallest absolute Gasteiger partial charge is 0.160 e. The highest BCUT2D eigenvalue weighted by molar-refractivity contribution is 6.10. The van der Waals surface area contributed by atoms with E-state index >= 15 is 0 Å². The monoisotopic (exact) mass is 599 g/mol. The van der Waals surface area contributed by atoms with Gasteiger partial charge in [0.05, 0.1) is 11.0 Å². The predicted octanol–water partition coefficient (Wildman–Crippen LogP) is 9.91. The van der Waals surface area contributed by atoms with Crippen molar-refractivity contribution in [3.05, 3.63) is 155 Å². The average molecular weight is 600 g/mol. The molecule has 9 rings (SSSR count). The summed E-state index contributed by atoms with van der Waals surface area (Å²) in [6.07, 6.45) is 30.0. The molecule has 4 aromatic rings. The number of aromatic nitrogens is 1. The molecule has 4 unspecified atom stereocenters. The van der Waals surface area contributed by atoms with Gasteiger partial charge in [0.15, 0.2) is 6.29 Å². The van der Waals surface area contributed by atoms with Crippen LogP contribution in [0.4, 0.5) is 0 Å². The molecule has 1 aromatic heterocycles. The Morgan fingerprint density at radius 3 is 2.48 bits per heavy atom. The van der Waals surface area contributed by atoms with Gasteiger partial charge in [-0.1, -0.05) is 117 Å². The molecule has 4 aliphatic carbocycles. The Hall–Kier alpha value is -4.60. The summed E-state index contributed by atoms with van der Waals surface area (Å²) in [5.41, 5.74) is 12.1. The quantitative estimate of drug-likeness (QED) is 0.244. The third-order valence-electron chi connectivity index (χ3n) is 11.0. The molecular formula is C43H41N3. The fourth-order valence-electron chi connectivity index (χ4n) is 8.55. The lowest BCUT2D eigenvalue weighted by Crippen LogP contribution is -2.50.